The number of hydrogen-bond acceptors (Lipinski definition) is 2. The van der Waals surface area contributed by atoms with Gasteiger partial charge in [0.15, 0.2) is 0 Å². The quantitative estimate of drug-likeness (QED) is 0.819. The minimum Gasteiger partial charge on any atom is -0.338 e. The second-order valence-electron chi connectivity index (χ2n) is 6.75. The van der Waals surface area contributed by atoms with Crippen molar-refractivity contribution in [2.24, 2.45) is 25.9 Å². The molecule has 2 rings (SSSR count). The molecule has 0 spiro atoms. The third-order valence-electron chi connectivity index (χ3n) is 3.95. The van der Waals surface area contributed by atoms with Crippen LogP contribution in [0.5, 0.6) is 0 Å². The van der Waals surface area contributed by atoms with E-state index in [9.17, 15) is 0 Å². The largest absolute Gasteiger partial charge is 0.338 e. The van der Waals surface area contributed by atoms with Crippen molar-refractivity contribution in [1.29, 1.82) is 0 Å². The summed E-state index contributed by atoms with van der Waals surface area (Å²) in [5, 5.41) is 0. The van der Waals surface area contributed by atoms with Gasteiger partial charge in [0.1, 0.15) is 11.6 Å². The fraction of sp³-hybridized carbons (Fsp3) is 0.647. The molecule has 2 aromatic rings. The molecule has 0 aliphatic rings. The van der Waals surface area contributed by atoms with Crippen LogP contribution in [0.15, 0.2) is 12.4 Å². The first-order chi connectivity index (χ1) is 9.86. The van der Waals surface area contributed by atoms with E-state index in [2.05, 4.69) is 60.2 Å². The molecule has 116 valence electrons. The maximum Gasteiger partial charge on any atom is 0.108 e. The third-order valence-corrected chi connectivity index (χ3v) is 3.95. The summed E-state index contributed by atoms with van der Waals surface area (Å²) >= 11 is 0. The topological polar surface area (TPSA) is 35.6 Å². The molecule has 2 heterocycles. The van der Waals surface area contributed by atoms with Gasteiger partial charge in [0, 0.05) is 45.0 Å². The summed E-state index contributed by atoms with van der Waals surface area (Å²) in [4.78, 5) is 9.18. The normalized spacial score (nSPS) is 13.1. The van der Waals surface area contributed by atoms with Gasteiger partial charge in [0.2, 0.25) is 0 Å². The number of imidazole rings is 2. The van der Waals surface area contributed by atoms with Crippen LogP contribution in [-0.2, 0) is 33.4 Å². The Morgan fingerprint density at radius 3 is 2.33 bits per heavy atom. The molecule has 1 unspecified atom stereocenters. The van der Waals surface area contributed by atoms with Gasteiger partial charge < -0.3 is 9.13 Å². The minimum atomic E-state index is 0.563. The standard InChI is InChI=1S/C17H28N4/c1-12(2)7-16-18-10-15(21(16)6)8-13(3)9-17-19-14(4)11-20(17)5/h10-13H,7-9H2,1-6H3. The Labute approximate surface area is 128 Å². The lowest BCUT2D eigenvalue weighted by Gasteiger charge is -2.13. The van der Waals surface area contributed by atoms with Crippen molar-refractivity contribution < 1.29 is 0 Å². The van der Waals surface area contributed by atoms with Gasteiger partial charge in [-0.05, 0) is 25.2 Å². The van der Waals surface area contributed by atoms with Crippen LogP contribution in [0, 0.1) is 18.8 Å². The number of nitrogens with zero attached hydrogens (tertiary/aromatic N) is 4. The van der Waals surface area contributed by atoms with Crippen molar-refractivity contribution in [3.63, 3.8) is 0 Å². The van der Waals surface area contributed by atoms with E-state index in [4.69, 9.17) is 0 Å². The van der Waals surface area contributed by atoms with Gasteiger partial charge in [0.05, 0.1) is 5.69 Å². The predicted molar refractivity (Wildman–Crippen MR) is 86.3 cm³/mol. The van der Waals surface area contributed by atoms with E-state index in [0.717, 1.165) is 25.0 Å². The highest BCUT2D eigenvalue weighted by Crippen LogP contribution is 2.16. The van der Waals surface area contributed by atoms with Crippen LogP contribution in [0.4, 0.5) is 0 Å². The van der Waals surface area contributed by atoms with E-state index >= 15 is 0 Å². The average molecular weight is 288 g/mol. The fourth-order valence-corrected chi connectivity index (χ4v) is 2.83. The van der Waals surface area contributed by atoms with Crippen molar-refractivity contribution in [2.45, 2.75) is 47.0 Å². The molecule has 0 aromatic carbocycles. The molecule has 21 heavy (non-hydrogen) atoms. The molecule has 0 radical (unpaired) electrons. The van der Waals surface area contributed by atoms with Gasteiger partial charge in [-0.2, -0.15) is 0 Å². The first-order valence-electron chi connectivity index (χ1n) is 7.85. The maximum atomic E-state index is 4.60. The summed E-state index contributed by atoms with van der Waals surface area (Å²) < 4.78 is 4.40. The Hall–Kier alpha value is -1.58. The second kappa shape index (κ2) is 6.46. The highest BCUT2D eigenvalue weighted by atomic mass is 15.1. The molecule has 0 aliphatic carbocycles. The summed E-state index contributed by atoms with van der Waals surface area (Å²) in [6.45, 7) is 8.81. The fourth-order valence-electron chi connectivity index (χ4n) is 2.83. The van der Waals surface area contributed by atoms with E-state index in [1.54, 1.807) is 0 Å². The predicted octanol–water partition coefficient (Wildman–Crippen LogP) is 3.08. The first kappa shape index (κ1) is 15.8. The lowest BCUT2D eigenvalue weighted by molar-refractivity contribution is 0.525. The Kier molecular flexibility index (Phi) is 4.86. The number of hydrogen-bond donors (Lipinski definition) is 0. The maximum absolute atomic E-state index is 4.60. The highest BCUT2D eigenvalue weighted by Gasteiger charge is 2.14. The highest BCUT2D eigenvalue weighted by molar-refractivity contribution is 5.08. The van der Waals surface area contributed by atoms with Crippen LogP contribution >= 0.6 is 0 Å². The van der Waals surface area contributed by atoms with Gasteiger partial charge >= 0.3 is 0 Å². The van der Waals surface area contributed by atoms with Crippen molar-refractivity contribution in [2.75, 3.05) is 0 Å². The number of aromatic nitrogens is 4. The van der Waals surface area contributed by atoms with Crippen LogP contribution in [0.2, 0.25) is 0 Å². The van der Waals surface area contributed by atoms with Crippen molar-refractivity contribution >= 4 is 0 Å². The number of aryl methyl sites for hydroxylation is 2. The van der Waals surface area contributed by atoms with Gasteiger partial charge in [-0.25, -0.2) is 9.97 Å². The molecule has 0 bridgehead atoms. The van der Waals surface area contributed by atoms with E-state index in [1.165, 1.54) is 17.3 Å². The van der Waals surface area contributed by atoms with Crippen molar-refractivity contribution in [1.82, 2.24) is 19.1 Å². The summed E-state index contributed by atoms with van der Waals surface area (Å²) in [6.07, 6.45) is 7.23. The molecule has 0 fully saturated rings. The van der Waals surface area contributed by atoms with Gasteiger partial charge in [-0.1, -0.05) is 20.8 Å². The van der Waals surface area contributed by atoms with Crippen molar-refractivity contribution in [3.05, 3.63) is 35.4 Å². The number of rotatable bonds is 6. The summed E-state index contributed by atoms with van der Waals surface area (Å²) in [7, 11) is 4.21. The summed E-state index contributed by atoms with van der Waals surface area (Å²) in [5.41, 5.74) is 2.42. The molecule has 0 saturated heterocycles. The molecular weight excluding hydrogens is 260 g/mol. The van der Waals surface area contributed by atoms with E-state index < -0.39 is 0 Å². The zero-order valence-electron chi connectivity index (χ0n) is 14.2. The lowest BCUT2D eigenvalue weighted by atomic mass is 10.0. The van der Waals surface area contributed by atoms with Crippen LogP contribution in [0.3, 0.4) is 0 Å². The molecule has 0 aliphatic heterocycles. The Morgan fingerprint density at radius 2 is 1.76 bits per heavy atom. The second-order valence-corrected chi connectivity index (χ2v) is 6.75. The van der Waals surface area contributed by atoms with Gasteiger partial charge in [0.25, 0.3) is 0 Å². The summed E-state index contributed by atoms with van der Waals surface area (Å²) in [5.74, 6) is 3.57. The monoisotopic (exact) mass is 288 g/mol. The van der Waals surface area contributed by atoms with Gasteiger partial charge in [-0.15, -0.1) is 0 Å². The molecule has 1 atom stereocenters. The summed E-state index contributed by atoms with van der Waals surface area (Å²) in [6, 6.07) is 0. The minimum absolute atomic E-state index is 0.563. The lowest BCUT2D eigenvalue weighted by Crippen LogP contribution is -2.11. The first-order valence-corrected chi connectivity index (χ1v) is 7.85. The molecule has 4 heteroatoms. The van der Waals surface area contributed by atoms with Crippen LogP contribution < -0.4 is 0 Å². The molecule has 0 N–H and O–H groups in total. The Morgan fingerprint density at radius 1 is 1.05 bits per heavy atom. The zero-order valence-corrected chi connectivity index (χ0v) is 14.2. The average Bonchev–Trinajstić information content (AvgIpc) is 2.85. The third kappa shape index (κ3) is 3.96. The Bertz CT molecular complexity index is 592. The van der Waals surface area contributed by atoms with Crippen LogP contribution in [0.25, 0.3) is 0 Å². The van der Waals surface area contributed by atoms with Crippen LogP contribution in [-0.4, -0.2) is 19.1 Å². The Balaban J connectivity index is 2.01. The molecule has 0 saturated carbocycles. The smallest absolute Gasteiger partial charge is 0.108 e. The molecule has 4 nitrogen and oxygen atoms in total. The molecular formula is C17H28N4. The van der Waals surface area contributed by atoms with Gasteiger partial charge in [-0.3, -0.25) is 0 Å². The SMILES string of the molecule is Cc1cn(C)c(CC(C)Cc2cnc(CC(C)C)n2C)n1. The van der Waals surface area contributed by atoms with E-state index in [1.807, 2.05) is 13.1 Å². The van der Waals surface area contributed by atoms with Crippen LogP contribution in [0.1, 0.15) is 43.8 Å². The zero-order chi connectivity index (χ0) is 15.6. The van der Waals surface area contributed by atoms with E-state index in [-0.39, 0.29) is 0 Å². The van der Waals surface area contributed by atoms with Crippen molar-refractivity contribution in [3.8, 4) is 0 Å². The van der Waals surface area contributed by atoms with E-state index in [0.29, 0.717) is 11.8 Å². The molecule has 0 amide bonds. The molecule has 2 aromatic heterocycles.